The van der Waals surface area contributed by atoms with Crippen LogP contribution in [0.5, 0.6) is 11.5 Å². The fraction of sp³-hybridized carbons (Fsp3) is 0.386. The number of nitrogens with one attached hydrogen (secondary N) is 3. The second kappa shape index (κ2) is 16.4. The number of aromatic amines is 1. The molecule has 4 fully saturated rings. The van der Waals surface area contributed by atoms with Gasteiger partial charge in [0.25, 0.3) is 21.6 Å². The summed E-state index contributed by atoms with van der Waals surface area (Å²) >= 11 is 6.22. The summed E-state index contributed by atoms with van der Waals surface area (Å²) in [5.74, 6) is 0.0574. The van der Waals surface area contributed by atoms with Gasteiger partial charge in [-0.3, -0.25) is 24.6 Å². The van der Waals surface area contributed by atoms with E-state index in [0.717, 1.165) is 62.5 Å². The van der Waals surface area contributed by atoms with Crippen LogP contribution in [0.3, 0.4) is 0 Å². The SMILES string of the molecule is O=C1CC[C@]2(c3ccc(Cl)cc3)C[C@@]2(CN2CCN(c3ccc(C(=O)NS(=O)(=O)c4ccc(NCC5CCOCC5)c([N+](=O)[O-])c4)c(Oc4cnc5[nH]ccc5c4)c3)CC2)C1. The van der Waals surface area contributed by atoms with Crippen molar-refractivity contribution in [1.82, 2.24) is 19.6 Å². The summed E-state index contributed by atoms with van der Waals surface area (Å²) in [6.07, 6.45) is 7.90. The van der Waals surface area contributed by atoms with Gasteiger partial charge in [0.15, 0.2) is 0 Å². The van der Waals surface area contributed by atoms with E-state index in [4.69, 9.17) is 21.1 Å². The molecule has 2 aromatic heterocycles. The van der Waals surface area contributed by atoms with E-state index >= 15 is 0 Å². The number of sulfonamides is 1. The molecule has 4 aliphatic rings. The molecule has 9 rings (SSSR count). The molecule has 0 spiro atoms. The highest BCUT2D eigenvalue weighted by Gasteiger charge is 2.69. The van der Waals surface area contributed by atoms with Crippen molar-refractivity contribution >= 4 is 61.4 Å². The van der Waals surface area contributed by atoms with Crippen molar-refractivity contribution in [2.45, 2.75) is 48.8 Å². The van der Waals surface area contributed by atoms with Gasteiger partial charge in [-0.05, 0) is 85.7 Å². The summed E-state index contributed by atoms with van der Waals surface area (Å²) in [6, 6.07) is 20.2. The molecule has 61 heavy (non-hydrogen) atoms. The van der Waals surface area contributed by atoms with E-state index in [1.54, 1.807) is 24.4 Å². The number of anilines is 2. The minimum Gasteiger partial charge on any atom is -0.455 e. The summed E-state index contributed by atoms with van der Waals surface area (Å²) in [7, 11) is -4.57. The maximum Gasteiger partial charge on any atom is 0.293 e. The van der Waals surface area contributed by atoms with E-state index in [-0.39, 0.29) is 33.7 Å². The third kappa shape index (κ3) is 8.29. The number of H-pyrrole nitrogens is 1. The summed E-state index contributed by atoms with van der Waals surface area (Å²) in [6.45, 7) is 5.40. The van der Waals surface area contributed by atoms with Crippen LogP contribution in [0.15, 0.2) is 90.1 Å². The molecule has 2 saturated heterocycles. The minimum absolute atomic E-state index is 0.0168. The lowest BCUT2D eigenvalue weighted by Gasteiger charge is -2.40. The largest absolute Gasteiger partial charge is 0.455 e. The number of piperazine rings is 1. The first-order valence-corrected chi connectivity index (χ1v) is 22.4. The van der Waals surface area contributed by atoms with Crippen molar-refractivity contribution < 1.29 is 32.4 Å². The third-order valence-corrected chi connectivity index (χ3v) is 14.6. The molecule has 4 heterocycles. The molecule has 0 radical (unpaired) electrons. The molecule has 0 bridgehead atoms. The molecule has 5 aromatic rings. The van der Waals surface area contributed by atoms with Gasteiger partial charge >= 0.3 is 0 Å². The van der Waals surface area contributed by atoms with Crippen LogP contribution in [-0.4, -0.2) is 92.4 Å². The van der Waals surface area contributed by atoms with E-state index in [1.807, 2.05) is 18.2 Å². The maximum absolute atomic E-state index is 13.9. The van der Waals surface area contributed by atoms with Crippen LogP contribution in [0, 0.1) is 21.4 Å². The molecule has 15 nitrogen and oxygen atoms in total. The highest BCUT2D eigenvalue weighted by molar-refractivity contribution is 7.90. The van der Waals surface area contributed by atoms with Crippen molar-refractivity contribution in [3.63, 3.8) is 0 Å². The van der Waals surface area contributed by atoms with E-state index in [9.17, 15) is 28.1 Å². The number of nitro benzene ring substituents is 1. The molecule has 2 aliphatic carbocycles. The molecule has 17 heteroatoms. The summed E-state index contributed by atoms with van der Waals surface area (Å²) in [5.41, 5.74) is 2.27. The number of rotatable bonds is 13. The number of ketones is 1. The van der Waals surface area contributed by atoms with Gasteiger partial charge in [-0.25, -0.2) is 18.1 Å². The lowest BCUT2D eigenvalue weighted by molar-refractivity contribution is -0.384. The fourth-order valence-corrected chi connectivity index (χ4v) is 10.7. The molecule has 2 aliphatic heterocycles. The molecule has 318 valence electrons. The van der Waals surface area contributed by atoms with Crippen molar-refractivity contribution in [3.8, 4) is 11.5 Å². The van der Waals surface area contributed by atoms with Gasteiger partial charge in [0.05, 0.1) is 21.6 Å². The van der Waals surface area contributed by atoms with E-state index < -0.39 is 31.4 Å². The normalized spacial score (nSPS) is 22.1. The first-order valence-electron chi connectivity index (χ1n) is 20.6. The predicted molar refractivity (Wildman–Crippen MR) is 230 cm³/mol. The second-order valence-electron chi connectivity index (χ2n) is 16.7. The van der Waals surface area contributed by atoms with Crippen LogP contribution in [0.25, 0.3) is 11.0 Å². The van der Waals surface area contributed by atoms with Gasteiger partial charge in [0.2, 0.25) is 0 Å². The van der Waals surface area contributed by atoms with Crippen molar-refractivity contribution in [2.75, 3.05) is 62.7 Å². The second-order valence-corrected chi connectivity index (χ2v) is 18.8. The van der Waals surface area contributed by atoms with Gasteiger partial charge in [-0.2, -0.15) is 0 Å². The molecule has 2 atom stereocenters. The number of halogens is 1. The van der Waals surface area contributed by atoms with Gasteiger partial charge in [-0.15, -0.1) is 0 Å². The highest BCUT2D eigenvalue weighted by atomic mass is 35.5. The highest BCUT2D eigenvalue weighted by Crippen LogP contribution is 2.71. The van der Waals surface area contributed by atoms with Crippen LogP contribution in [-0.2, 0) is 25.0 Å². The standard InChI is InChI=1S/C44H46ClN7O8S/c45-32-3-1-31(2-4-32)44-13-9-34(53)24-43(44,27-44)28-50-15-17-51(18-16-50)33-5-7-37(40(22-33)60-35-21-30-10-14-46-41(30)48-26-35)42(54)49-61(57,58)36-6-8-38(39(23-36)52(55)56)47-25-29-11-19-59-20-12-29/h1-8,10,14,21-23,26,29,47H,9,11-13,15-20,24-25,27-28H2,(H,46,48)(H,49,54)/t43-,44-/m1/s1. The zero-order chi connectivity index (χ0) is 42.4. The number of carbonyl (C=O) groups is 2. The Labute approximate surface area is 358 Å². The number of carbonyl (C=O) groups excluding carboxylic acids is 2. The number of fused-ring (bicyclic) bond motifs is 2. The Hall–Kier alpha value is -5.55. The molecule has 2 saturated carbocycles. The lowest BCUT2D eigenvalue weighted by Crippen LogP contribution is -2.49. The van der Waals surface area contributed by atoms with Gasteiger partial charge < -0.3 is 24.7 Å². The number of hydrogen-bond acceptors (Lipinski definition) is 12. The number of hydrogen-bond donors (Lipinski definition) is 3. The van der Waals surface area contributed by atoms with Crippen molar-refractivity contribution in [3.05, 3.63) is 111 Å². The smallest absolute Gasteiger partial charge is 0.293 e. The fourth-order valence-electron chi connectivity index (χ4n) is 9.62. The Bertz CT molecular complexity index is 2610. The molecule has 0 unspecified atom stereocenters. The lowest BCUT2D eigenvalue weighted by atomic mass is 9.74. The number of Topliss-reactive ketones (excluding diaryl/α,β-unsaturated/α-hetero) is 1. The Morgan fingerprint density at radius 3 is 2.59 bits per heavy atom. The van der Waals surface area contributed by atoms with Crippen LogP contribution >= 0.6 is 11.6 Å². The molecular formula is C44H46ClN7O8S. The Balaban J connectivity index is 0.924. The average Bonchev–Trinajstić information content (AvgIpc) is 3.67. The zero-order valence-corrected chi connectivity index (χ0v) is 35.0. The summed E-state index contributed by atoms with van der Waals surface area (Å²) < 4.78 is 41.1. The number of nitrogens with zero attached hydrogens (tertiary/aromatic N) is 4. The van der Waals surface area contributed by atoms with Crippen LogP contribution in [0.1, 0.15) is 54.4 Å². The number of aromatic nitrogens is 2. The Kier molecular flexibility index (Phi) is 11.0. The number of amides is 1. The Morgan fingerprint density at radius 1 is 1.03 bits per heavy atom. The zero-order valence-electron chi connectivity index (χ0n) is 33.4. The quantitative estimate of drug-likeness (QED) is 0.0807. The topological polar surface area (TPSA) is 189 Å². The summed E-state index contributed by atoms with van der Waals surface area (Å²) in [5, 5.41) is 16.6. The number of benzene rings is 3. The first kappa shape index (κ1) is 40.8. The molecule has 3 aromatic carbocycles. The predicted octanol–water partition coefficient (Wildman–Crippen LogP) is 7.08. The van der Waals surface area contributed by atoms with E-state index in [2.05, 4.69) is 41.9 Å². The van der Waals surface area contributed by atoms with Crippen LogP contribution in [0.2, 0.25) is 5.02 Å². The first-order chi connectivity index (χ1) is 29.4. The monoisotopic (exact) mass is 867 g/mol. The molecular weight excluding hydrogens is 822 g/mol. The van der Waals surface area contributed by atoms with Crippen LogP contribution in [0.4, 0.5) is 17.1 Å². The van der Waals surface area contributed by atoms with Crippen LogP contribution < -0.4 is 19.7 Å². The van der Waals surface area contributed by atoms with Gasteiger partial charge in [-0.1, -0.05) is 23.7 Å². The number of pyridine rings is 1. The summed E-state index contributed by atoms with van der Waals surface area (Å²) in [4.78, 5) is 49.8. The van der Waals surface area contributed by atoms with E-state index in [1.165, 1.54) is 30.0 Å². The van der Waals surface area contributed by atoms with E-state index in [0.29, 0.717) is 67.9 Å². The molecule has 1 amide bonds. The van der Waals surface area contributed by atoms with Crippen molar-refractivity contribution in [1.29, 1.82) is 0 Å². The van der Waals surface area contributed by atoms with Gasteiger partial charge in [0, 0.05) is 111 Å². The Morgan fingerprint density at radius 2 is 1.82 bits per heavy atom. The molecule has 3 N–H and O–H groups in total. The third-order valence-electron chi connectivity index (χ3n) is 13.0. The number of nitro groups is 1. The van der Waals surface area contributed by atoms with Gasteiger partial charge in [0.1, 0.15) is 28.6 Å². The number of ether oxygens (including phenoxy) is 2. The minimum atomic E-state index is -4.57. The maximum atomic E-state index is 13.9. The van der Waals surface area contributed by atoms with Crippen molar-refractivity contribution in [2.24, 2.45) is 11.3 Å². The average molecular weight is 868 g/mol.